The van der Waals surface area contributed by atoms with Gasteiger partial charge in [-0.2, -0.15) is 0 Å². The summed E-state index contributed by atoms with van der Waals surface area (Å²) >= 11 is 0. The van der Waals surface area contributed by atoms with Crippen molar-refractivity contribution in [1.29, 1.82) is 0 Å². The highest BCUT2D eigenvalue weighted by atomic mass is 19.1. The first-order valence-electron chi connectivity index (χ1n) is 8.54. The van der Waals surface area contributed by atoms with Gasteiger partial charge in [-0.3, -0.25) is 4.79 Å². The average Bonchev–Trinajstić information content (AvgIpc) is 2.61. The quantitative estimate of drug-likeness (QED) is 0.758. The summed E-state index contributed by atoms with van der Waals surface area (Å²) in [5.41, 5.74) is 10.0. The number of hydrogen-bond acceptors (Lipinski definition) is 4. The van der Waals surface area contributed by atoms with Gasteiger partial charge in [-0.05, 0) is 36.5 Å². The third-order valence-electron chi connectivity index (χ3n) is 4.88. The normalized spacial score (nSPS) is 16.4. The Labute approximate surface area is 150 Å². The molecule has 0 saturated heterocycles. The molecule has 0 saturated carbocycles. The maximum atomic E-state index is 14.1. The van der Waals surface area contributed by atoms with Crippen LogP contribution < -0.4 is 5.73 Å². The van der Waals surface area contributed by atoms with Gasteiger partial charge in [0, 0.05) is 12.0 Å². The number of hydrogen-bond donors (Lipinski definition) is 1. The highest BCUT2D eigenvalue weighted by molar-refractivity contribution is 5.99. The van der Waals surface area contributed by atoms with Gasteiger partial charge in [0.05, 0.1) is 17.0 Å². The molecule has 0 bridgehead atoms. The number of anilines is 1. The highest BCUT2D eigenvalue weighted by Gasteiger charge is 2.29. The van der Waals surface area contributed by atoms with E-state index in [4.69, 9.17) is 5.73 Å². The Morgan fingerprint density at radius 1 is 1.08 bits per heavy atom. The predicted octanol–water partition coefficient (Wildman–Crippen LogP) is 4.09. The second-order valence-corrected chi connectivity index (χ2v) is 6.62. The van der Waals surface area contributed by atoms with E-state index in [9.17, 15) is 9.18 Å². The minimum absolute atomic E-state index is 0.00424. The highest BCUT2D eigenvalue weighted by Crippen LogP contribution is 2.35. The van der Waals surface area contributed by atoms with Crippen LogP contribution in [0.1, 0.15) is 39.6 Å². The molecule has 1 atom stereocenters. The van der Waals surface area contributed by atoms with E-state index in [0.29, 0.717) is 35.4 Å². The third kappa shape index (κ3) is 2.86. The lowest BCUT2D eigenvalue weighted by Crippen LogP contribution is -2.23. The Morgan fingerprint density at radius 2 is 1.88 bits per heavy atom. The maximum Gasteiger partial charge on any atom is 0.220 e. The van der Waals surface area contributed by atoms with Crippen molar-refractivity contribution in [3.63, 3.8) is 0 Å². The standard InChI is InChI=1S/C21H18FN3O/c1-12-20-18(25-21(23)24-12)10-15(11-19(20)26)13-5-4-6-14(9-13)16-7-2-3-8-17(16)22/h2-9,15H,10-11H2,1H3,(H2,23,24,25). The molecule has 2 aromatic carbocycles. The molecule has 0 amide bonds. The number of ketones is 1. The smallest absolute Gasteiger partial charge is 0.220 e. The summed E-state index contributed by atoms with van der Waals surface area (Å²) in [7, 11) is 0. The van der Waals surface area contributed by atoms with Crippen LogP contribution in [-0.2, 0) is 6.42 Å². The van der Waals surface area contributed by atoms with Crippen molar-refractivity contribution in [2.24, 2.45) is 0 Å². The van der Waals surface area contributed by atoms with Gasteiger partial charge in [0.15, 0.2) is 5.78 Å². The molecule has 0 radical (unpaired) electrons. The number of aryl methyl sites for hydroxylation is 1. The van der Waals surface area contributed by atoms with Crippen LogP contribution in [0, 0.1) is 12.7 Å². The molecule has 1 aromatic heterocycles. The summed E-state index contributed by atoms with van der Waals surface area (Å²) in [6.07, 6.45) is 1.01. The number of benzene rings is 2. The molecule has 0 aliphatic heterocycles. The Hall–Kier alpha value is -3.08. The van der Waals surface area contributed by atoms with Crippen molar-refractivity contribution in [2.45, 2.75) is 25.7 Å². The van der Waals surface area contributed by atoms with Crippen LogP contribution in [0.25, 0.3) is 11.1 Å². The van der Waals surface area contributed by atoms with E-state index in [1.807, 2.05) is 30.3 Å². The van der Waals surface area contributed by atoms with Gasteiger partial charge in [-0.15, -0.1) is 0 Å². The summed E-state index contributed by atoms with van der Waals surface area (Å²) in [4.78, 5) is 21.0. The Morgan fingerprint density at radius 3 is 2.69 bits per heavy atom. The van der Waals surface area contributed by atoms with Crippen molar-refractivity contribution < 1.29 is 9.18 Å². The number of nitrogen functional groups attached to an aromatic ring is 1. The predicted molar refractivity (Wildman–Crippen MR) is 98.4 cm³/mol. The fraction of sp³-hybridized carbons (Fsp3) is 0.190. The first-order valence-corrected chi connectivity index (χ1v) is 8.54. The van der Waals surface area contributed by atoms with Crippen LogP contribution in [0.15, 0.2) is 48.5 Å². The number of rotatable bonds is 2. The summed E-state index contributed by atoms with van der Waals surface area (Å²) in [6.45, 7) is 1.79. The maximum absolute atomic E-state index is 14.1. The number of fused-ring (bicyclic) bond motifs is 1. The van der Waals surface area contributed by atoms with E-state index in [2.05, 4.69) is 9.97 Å². The molecular formula is C21H18FN3O. The number of carbonyl (C=O) groups excluding carboxylic acids is 1. The fourth-order valence-electron chi connectivity index (χ4n) is 3.69. The zero-order valence-corrected chi connectivity index (χ0v) is 14.4. The van der Waals surface area contributed by atoms with Crippen LogP contribution in [0.4, 0.5) is 10.3 Å². The van der Waals surface area contributed by atoms with E-state index >= 15 is 0 Å². The lowest BCUT2D eigenvalue weighted by atomic mass is 9.80. The molecule has 1 aliphatic rings. The van der Waals surface area contributed by atoms with Gasteiger partial charge in [0.1, 0.15) is 5.82 Å². The van der Waals surface area contributed by atoms with Gasteiger partial charge in [0.2, 0.25) is 5.95 Å². The van der Waals surface area contributed by atoms with E-state index in [1.54, 1.807) is 19.1 Å². The molecular weight excluding hydrogens is 329 g/mol. The zero-order valence-electron chi connectivity index (χ0n) is 14.4. The molecule has 4 nitrogen and oxygen atoms in total. The zero-order chi connectivity index (χ0) is 18.3. The third-order valence-corrected chi connectivity index (χ3v) is 4.88. The summed E-state index contributed by atoms with van der Waals surface area (Å²) in [5.74, 6) is -0.0406. The van der Waals surface area contributed by atoms with Crippen molar-refractivity contribution in [2.75, 3.05) is 5.73 Å². The van der Waals surface area contributed by atoms with Crippen LogP contribution in [0.3, 0.4) is 0 Å². The van der Waals surface area contributed by atoms with E-state index in [1.165, 1.54) is 6.07 Å². The number of aromatic nitrogens is 2. The molecule has 1 aliphatic carbocycles. The Bertz CT molecular complexity index is 1020. The largest absolute Gasteiger partial charge is 0.368 e. The number of Topliss-reactive ketones (excluding diaryl/α,β-unsaturated/α-hetero) is 1. The van der Waals surface area contributed by atoms with Gasteiger partial charge >= 0.3 is 0 Å². The average molecular weight is 347 g/mol. The topological polar surface area (TPSA) is 68.9 Å². The minimum Gasteiger partial charge on any atom is -0.368 e. The van der Waals surface area contributed by atoms with Gasteiger partial charge < -0.3 is 5.73 Å². The van der Waals surface area contributed by atoms with Gasteiger partial charge in [-0.25, -0.2) is 14.4 Å². The summed E-state index contributed by atoms with van der Waals surface area (Å²) < 4.78 is 14.1. The van der Waals surface area contributed by atoms with Crippen LogP contribution >= 0.6 is 0 Å². The molecule has 1 unspecified atom stereocenters. The molecule has 1 heterocycles. The van der Waals surface area contributed by atoms with Crippen LogP contribution in [-0.4, -0.2) is 15.8 Å². The molecule has 26 heavy (non-hydrogen) atoms. The summed E-state index contributed by atoms with van der Waals surface area (Å²) in [6, 6.07) is 14.4. The Balaban J connectivity index is 1.72. The minimum atomic E-state index is -0.258. The number of nitrogens with two attached hydrogens (primary N) is 1. The molecule has 0 fully saturated rings. The lowest BCUT2D eigenvalue weighted by molar-refractivity contribution is 0.0962. The monoisotopic (exact) mass is 347 g/mol. The van der Waals surface area contributed by atoms with Crippen molar-refractivity contribution in [3.05, 3.63) is 76.9 Å². The molecule has 0 spiro atoms. The second kappa shape index (κ2) is 6.33. The van der Waals surface area contributed by atoms with Crippen LogP contribution in [0.5, 0.6) is 0 Å². The van der Waals surface area contributed by atoms with Crippen molar-refractivity contribution in [3.8, 4) is 11.1 Å². The summed E-state index contributed by atoms with van der Waals surface area (Å²) in [5, 5.41) is 0. The SMILES string of the molecule is Cc1nc(N)nc2c1C(=O)CC(c1cccc(-c3ccccc3F)c1)C2. The fourth-order valence-corrected chi connectivity index (χ4v) is 3.69. The van der Waals surface area contributed by atoms with E-state index < -0.39 is 0 Å². The number of halogens is 1. The first kappa shape index (κ1) is 16.4. The van der Waals surface area contributed by atoms with Gasteiger partial charge in [-0.1, -0.05) is 42.5 Å². The molecule has 130 valence electrons. The molecule has 2 N–H and O–H groups in total. The number of carbonyl (C=O) groups is 1. The lowest BCUT2D eigenvalue weighted by Gasteiger charge is -2.24. The first-order chi connectivity index (χ1) is 12.5. The molecule has 4 rings (SSSR count). The second-order valence-electron chi connectivity index (χ2n) is 6.62. The van der Waals surface area contributed by atoms with Crippen molar-refractivity contribution >= 4 is 11.7 Å². The van der Waals surface area contributed by atoms with E-state index in [-0.39, 0.29) is 23.5 Å². The number of nitrogens with zero attached hydrogens (tertiary/aromatic N) is 2. The van der Waals surface area contributed by atoms with Crippen molar-refractivity contribution in [1.82, 2.24) is 9.97 Å². The molecule has 5 heteroatoms. The van der Waals surface area contributed by atoms with Crippen LogP contribution in [0.2, 0.25) is 0 Å². The Kier molecular flexibility index (Phi) is 3.99. The van der Waals surface area contributed by atoms with E-state index in [0.717, 1.165) is 11.1 Å². The molecule has 3 aromatic rings. The van der Waals surface area contributed by atoms with Gasteiger partial charge in [0.25, 0.3) is 0 Å².